The number of hydrogen-bond acceptors (Lipinski definition) is 3. The van der Waals surface area contributed by atoms with Gasteiger partial charge in [-0.2, -0.15) is 13.2 Å². The minimum atomic E-state index is -4.40. The predicted molar refractivity (Wildman–Crippen MR) is 76.0 cm³/mol. The summed E-state index contributed by atoms with van der Waals surface area (Å²) in [7, 11) is 0. The average molecular weight is 307 g/mol. The summed E-state index contributed by atoms with van der Waals surface area (Å²) in [6, 6.07) is 6.11. The molecule has 3 nitrogen and oxygen atoms in total. The summed E-state index contributed by atoms with van der Waals surface area (Å²) in [6.07, 6.45) is 2.23. The second-order valence-corrected chi connectivity index (χ2v) is 5.41. The molecule has 116 valence electrons. The van der Waals surface area contributed by atoms with Gasteiger partial charge < -0.3 is 5.32 Å². The van der Waals surface area contributed by atoms with Crippen molar-refractivity contribution in [3.63, 3.8) is 0 Å². The van der Waals surface area contributed by atoms with E-state index < -0.39 is 11.9 Å². The van der Waals surface area contributed by atoms with Crippen molar-refractivity contribution in [1.29, 1.82) is 0 Å². The molecule has 2 heterocycles. The van der Waals surface area contributed by atoms with E-state index in [0.717, 1.165) is 25.3 Å². The van der Waals surface area contributed by atoms with Crippen LogP contribution in [-0.2, 0) is 19.1 Å². The third-order valence-electron chi connectivity index (χ3n) is 3.88. The van der Waals surface area contributed by atoms with E-state index in [-0.39, 0.29) is 6.04 Å². The number of halogens is 3. The van der Waals surface area contributed by atoms with Gasteiger partial charge in [-0.1, -0.05) is 6.07 Å². The van der Waals surface area contributed by atoms with Gasteiger partial charge in [0, 0.05) is 25.0 Å². The third-order valence-corrected chi connectivity index (χ3v) is 3.88. The monoisotopic (exact) mass is 307 g/mol. The van der Waals surface area contributed by atoms with Crippen LogP contribution in [0.2, 0.25) is 0 Å². The second kappa shape index (κ2) is 6.04. The number of pyridine rings is 2. The second-order valence-electron chi connectivity index (χ2n) is 5.41. The highest BCUT2D eigenvalue weighted by Crippen LogP contribution is 2.30. The lowest BCUT2D eigenvalue weighted by Gasteiger charge is -2.26. The molecule has 0 spiro atoms. The van der Waals surface area contributed by atoms with Crippen LogP contribution in [0.1, 0.15) is 41.4 Å². The van der Waals surface area contributed by atoms with Gasteiger partial charge in [0.05, 0.1) is 5.69 Å². The Morgan fingerprint density at radius 3 is 2.91 bits per heavy atom. The molecule has 1 aliphatic rings. The van der Waals surface area contributed by atoms with E-state index >= 15 is 0 Å². The van der Waals surface area contributed by atoms with Crippen molar-refractivity contribution < 1.29 is 13.2 Å². The highest BCUT2D eigenvalue weighted by Gasteiger charge is 2.32. The van der Waals surface area contributed by atoms with Crippen LogP contribution in [0.25, 0.3) is 0 Å². The topological polar surface area (TPSA) is 37.8 Å². The minimum Gasteiger partial charge on any atom is -0.304 e. The lowest BCUT2D eigenvalue weighted by molar-refractivity contribution is -0.141. The maximum atomic E-state index is 12.7. The molecule has 0 saturated carbocycles. The van der Waals surface area contributed by atoms with Crippen LogP contribution in [0.5, 0.6) is 0 Å². The van der Waals surface area contributed by atoms with Gasteiger partial charge in [-0.15, -0.1) is 0 Å². The normalized spacial score (nSPS) is 18.0. The van der Waals surface area contributed by atoms with Gasteiger partial charge in [-0.05, 0) is 48.6 Å². The maximum Gasteiger partial charge on any atom is 0.433 e. The van der Waals surface area contributed by atoms with Crippen molar-refractivity contribution >= 4 is 0 Å². The Morgan fingerprint density at radius 2 is 2.09 bits per heavy atom. The van der Waals surface area contributed by atoms with Crippen molar-refractivity contribution in [2.45, 2.75) is 38.0 Å². The molecule has 2 aromatic heterocycles. The lowest BCUT2D eigenvalue weighted by atomic mass is 9.89. The van der Waals surface area contributed by atoms with Gasteiger partial charge in [0.25, 0.3) is 0 Å². The largest absolute Gasteiger partial charge is 0.433 e. The molecule has 22 heavy (non-hydrogen) atoms. The molecule has 2 aromatic rings. The zero-order chi connectivity index (χ0) is 15.6. The van der Waals surface area contributed by atoms with Gasteiger partial charge in [-0.25, -0.2) is 4.98 Å². The van der Waals surface area contributed by atoms with E-state index in [2.05, 4.69) is 15.3 Å². The Bertz CT molecular complexity index is 655. The fourth-order valence-electron chi connectivity index (χ4n) is 2.81. The molecule has 1 aliphatic carbocycles. The molecule has 0 aromatic carbocycles. The Balaban J connectivity index is 1.71. The van der Waals surface area contributed by atoms with Crippen LogP contribution >= 0.6 is 0 Å². The lowest BCUT2D eigenvalue weighted by Crippen LogP contribution is -2.25. The number of nitrogens with zero attached hydrogens (tertiary/aromatic N) is 2. The van der Waals surface area contributed by atoms with Crippen LogP contribution in [0.15, 0.2) is 36.7 Å². The molecule has 0 amide bonds. The molecule has 1 N–H and O–H groups in total. The van der Waals surface area contributed by atoms with E-state index in [1.807, 2.05) is 12.3 Å². The van der Waals surface area contributed by atoms with E-state index in [0.29, 0.717) is 12.2 Å². The summed E-state index contributed by atoms with van der Waals surface area (Å²) in [5.41, 5.74) is 1.95. The van der Waals surface area contributed by atoms with Crippen LogP contribution < -0.4 is 5.32 Å². The average Bonchev–Trinajstić information content (AvgIpc) is 2.52. The molecular formula is C16H16F3N3. The molecule has 0 bridgehead atoms. The van der Waals surface area contributed by atoms with Crippen LogP contribution in [0, 0.1) is 0 Å². The number of aryl methyl sites for hydroxylation is 1. The van der Waals surface area contributed by atoms with E-state index in [9.17, 15) is 13.2 Å². The summed E-state index contributed by atoms with van der Waals surface area (Å²) in [5.74, 6) is 0. The molecule has 1 unspecified atom stereocenters. The van der Waals surface area contributed by atoms with Crippen LogP contribution in [-0.4, -0.2) is 9.97 Å². The molecule has 0 fully saturated rings. The van der Waals surface area contributed by atoms with Gasteiger partial charge in [0.1, 0.15) is 5.69 Å². The Morgan fingerprint density at radius 1 is 1.23 bits per heavy atom. The molecule has 0 aliphatic heterocycles. The minimum absolute atomic E-state index is 0.142. The van der Waals surface area contributed by atoms with Crippen LogP contribution in [0.3, 0.4) is 0 Å². The maximum absolute atomic E-state index is 12.7. The zero-order valence-corrected chi connectivity index (χ0v) is 11.9. The summed E-state index contributed by atoms with van der Waals surface area (Å²) in [5, 5.41) is 3.32. The Labute approximate surface area is 126 Å². The molecule has 0 saturated heterocycles. The standard InChI is InChI=1S/C16H16F3N3/c17-16(18,19)15-6-2-4-12(22-15)10-21-14-5-1-3-11-9-20-8-7-13(11)14/h2,4,6-9,14,21H,1,3,5,10H2. The number of aromatic nitrogens is 2. The quantitative estimate of drug-likeness (QED) is 0.940. The summed E-state index contributed by atoms with van der Waals surface area (Å²) < 4.78 is 38.0. The molecule has 6 heteroatoms. The summed E-state index contributed by atoms with van der Waals surface area (Å²) >= 11 is 0. The number of rotatable bonds is 3. The Hall–Kier alpha value is -1.95. The fraction of sp³-hybridized carbons (Fsp3) is 0.375. The number of alkyl halides is 3. The van der Waals surface area contributed by atoms with Crippen molar-refractivity contribution in [1.82, 2.24) is 15.3 Å². The Kier molecular flexibility index (Phi) is 4.11. The zero-order valence-electron chi connectivity index (χ0n) is 11.9. The first-order valence-electron chi connectivity index (χ1n) is 7.23. The highest BCUT2D eigenvalue weighted by atomic mass is 19.4. The molecule has 0 radical (unpaired) electrons. The molecule has 1 atom stereocenters. The number of nitrogens with one attached hydrogen (secondary N) is 1. The first-order valence-corrected chi connectivity index (χ1v) is 7.23. The van der Waals surface area contributed by atoms with Gasteiger partial charge in [0.2, 0.25) is 0 Å². The fourth-order valence-corrected chi connectivity index (χ4v) is 2.81. The van der Waals surface area contributed by atoms with E-state index in [4.69, 9.17) is 0 Å². The van der Waals surface area contributed by atoms with Gasteiger partial charge in [0.15, 0.2) is 0 Å². The molecule has 3 rings (SSSR count). The predicted octanol–water partition coefficient (Wildman–Crippen LogP) is 3.66. The number of fused-ring (bicyclic) bond motifs is 1. The summed E-state index contributed by atoms with van der Waals surface area (Å²) in [4.78, 5) is 7.81. The first-order chi connectivity index (χ1) is 10.5. The first kappa shape index (κ1) is 15.0. The van der Waals surface area contributed by atoms with Gasteiger partial charge >= 0.3 is 6.18 Å². The smallest absolute Gasteiger partial charge is 0.304 e. The van der Waals surface area contributed by atoms with Crippen molar-refractivity contribution in [3.05, 3.63) is 59.2 Å². The van der Waals surface area contributed by atoms with Crippen molar-refractivity contribution in [2.24, 2.45) is 0 Å². The van der Waals surface area contributed by atoms with Gasteiger partial charge in [-0.3, -0.25) is 4.98 Å². The third kappa shape index (κ3) is 3.27. The molecular weight excluding hydrogens is 291 g/mol. The number of hydrogen-bond donors (Lipinski definition) is 1. The van der Waals surface area contributed by atoms with Crippen molar-refractivity contribution in [3.8, 4) is 0 Å². The van der Waals surface area contributed by atoms with Crippen LogP contribution in [0.4, 0.5) is 13.2 Å². The SMILES string of the molecule is FC(F)(F)c1cccc(CNC2CCCc3cnccc32)n1. The van der Waals surface area contributed by atoms with E-state index in [1.165, 1.54) is 17.2 Å². The highest BCUT2D eigenvalue weighted by molar-refractivity contribution is 5.29. The summed E-state index contributed by atoms with van der Waals surface area (Å²) in [6.45, 7) is 0.316. The van der Waals surface area contributed by atoms with E-state index in [1.54, 1.807) is 12.3 Å². The van der Waals surface area contributed by atoms with Crippen molar-refractivity contribution in [2.75, 3.05) is 0 Å².